The molecule has 6 nitrogen and oxygen atoms in total. The Labute approximate surface area is 136 Å². The second-order valence-corrected chi connectivity index (χ2v) is 6.56. The summed E-state index contributed by atoms with van der Waals surface area (Å²) < 4.78 is 0. The van der Waals surface area contributed by atoms with Crippen molar-refractivity contribution < 1.29 is 5.11 Å². The number of aliphatic hydroxyl groups excluding tert-OH is 1. The fourth-order valence-electron chi connectivity index (χ4n) is 3.24. The molecule has 1 aromatic rings. The van der Waals surface area contributed by atoms with Crippen molar-refractivity contribution in [2.75, 3.05) is 24.3 Å². The summed E-state index contributed by atoms with van der Waals surface area (Å²) in [6, 6.07) is 0.235. The van der Waals surface area contributed by atoms with Gasteiger partial charge in [0.1, 0.15) is 10.8 Å². The van der Waals surface area contributed by atoms with Crippen LogP contribution in [0.15, 0.2) is 0 Å². The first-order valence-electron chi connectivity index (χ1n) is 7.62. The van der Waals surface area contributed by atoms with Gasteiger partial charge in [0.15, 0.2) is 0 Å². The van der Waals surface area contributed by atoms with Crippen LogP contribution in [-0.2, 0) is 0 Å². The van der Waals surface area contributed by atoms with E-state index >= 15 is 0 Å². The van der Waals surface area contributed by atoms with Crippen molar-refractivity contribution in [2.24, 2.45) is 23.5 Å². The van der Waals surface area contributed by atoms with E-state index in [1.165, 1.54) is 0 Å². The number of hydrogen-bond donors (Lipinski definition) is 4. The average Bonchev–Trinajstić information content (AvgIpc) is 2.74. The Balaban J connectivity index is 2.32. The molecule has 0 bridgehead atoms. The van der Waals surface area contributed by atoms with E-state index in [9.17, 15) is 5.11 Å². The van der Waals surface area contributed by atoms with E-state index in [0.717, 1.165) is 12.1 Å². The quantitative estimate of drug-likeness (QED) is 0.610. The number of aromatic nitrogens is 2. The van der Waals surface area contributed by atoms with E-state index in [4.69, 9.17) is 18.0 Å². The van der Waals surface area contributed by atoms with E-state index in [0.29, 0.717) is 40.1 Å². The Morgan fingerprint density at radius 3 is 2.55 bits per heavy atom. The minimum atomic E-state index is 0.219. The molecule has 0 radical (unpaired) electrons. The number of nitrogens with one attached hydrogen (secondary N) is 2. The maximum absolute atomic E-state index is 9.50. The summed E-state index contributed by atoms with van der Waals surface area (Å²) in [6.07, 6.45) is 0.910. The molecule has 7 heteroatoms. The lowest BCUT2D eigenvalue weighted by Gasteiger charge is -2.22. The Morgan fingerprint density at radius 1 is 1.36 bits per heavy atom. The maximum atomic E-state index is 9.50. The normalized spacial score (nSPS) is 27.7. The van der Waals surface area contributed by atoms with Gasteiger partial charge in [0, 0.05) is 19.7 Å². The minimum Gasteiger partial charge on any atom is -0.396 e. The smallest absolute Gasteiger partial charge is 0.224 e. The van der Waals surface area contributed by atoms with Crippen LogP contribution in [0.4, 0.5) is 11.8 Å². The van der Waals surface area contributed by atoms with Gasteiger partial charge in [0.2, 0.25) is 5.95 Å². The number of aliphatic hydroxyl groups is 1. The van der Waals surface area contributed by atoms with E-state index < -0.39 is 0 Å². The monoisotopic (exact) mass is 323 g/mol. The van der Waals surface area contributed by atoms with Crippen molar-refractivity contribution in [3.8, 4) is 0 Å². The largest absolute Gasteiger partial charge is 0.396 e. The number of aryl methyl sites for hydroxylation is 1. The summed E-state index contributed by atoms with van der Waals surface area (Å²) in [5.41, 5.74) is 7.30. The third kappa shape index (κ3) is 3.15. The van der Waals surface area contributed by atoms with E-state index in [-0.39, 0.29) is 12.6 Å². The van der Waals surface area contributed by atoms with Gasteiger partial charge in [-0.3, -0.25) is 0 Å². The third-order valence-electron chi connectivity index (χ3n) is 4.88. The topological polar surface area (TPSA) is 96.1 Å². The molecule has 22 heavy (non-hydrogen) atoms. The molecule has 1 aromatic heterocycles. The van der Waals surface area contributed by atoms with Crippen molar-refractivity contribution in [1.29, 1.82) is 0 Å². The molecule has 122 valence electrons. The van der Waals surface area contributed by atoms with Crippen LogP contribution < -0.4 is 16.4 Å². The Morgan fingerprint density at radius 2 is 2.05 bits per heavy atom. The average molecular weight is 323 g/mol. The maximum Gasteiger partial charge on any atom is 0.224 e. The van der Waals surface area contributed by atoms with Crippen LogP contribution in [0, 0.1) is 24.7 Å². The van der Waals surface area contributed by atoms with Gasteiger partial charge in [-0.1, -0.05) is 26.1 Å². The minimum absolute atomic E-state index is 0.219. The van der Waals surface area contributed by atoms with Crippen LogP contribution in [0.2, 0.25) is 0 Å². The summed E-state index contributed by atoms with van der Waals surface area (Å²) in [4.78, 5) is 9.12. The van der Waals surface area contributed by atoms with Crippen molar-refractivity contribution in [1.82, 2.24) is 9.97 Å². The highest BCUT2D eigenvalue weighted by molar-refractivity contribution is 7.80. The fourth-order valence-corrected chi connectivity index (χ4v) is 3.49. The number of nitrogens with two attached hydrogens (primary N) is 1. The standard InChI is InChI=1S/C15H25N5OS/c1-7-8(2)11(5-10(7)6-21)19-14-12(13(16)22)9(3)18-15(17-4)20-14/h7-8,10-11,21H,5-6H2,1-4H3,(H2,16,22)(H2,17,18,19,20). The summed E-state index contributed by atoms with van der Waals surface area (Å²) in [6.45, 7) is 6.48. The molecule has 1 aliphatic rings. The van der Waals surface area contributed by atoms with Crippen LogP contribution in [-0.4, -0.2) is 39.8 Å². The molecule has 1 aliphatic carbocycles. The van der Waals surface area contributed by atoms with Crippen molar-refractivity contribution in [3.05, 3.63) is 11.3 Å². The Kier molecular flexibility index (Phi) is 5.18. The summed E-state index contributed by atoms with van der Waals surface area (Å²) in [5.74, 6) is 2.42. The van der Waals surface area contributed by atoms with Crippen LogP contribution in [0.3, 0.4) is 0 Å². The van der Waals surface area contributed by atoms with Crippen LogP contribution >= 0.6 is 12.2 Å². The molecule has 1 fully saturated rings. The van der Waals surface area contributed by atoms with Crippen molar-refractivity contribution in [2.45, 2.75) is 33.2 Å². The van der Waals surface area contributed by atoms with E-state index in [1.807, 2.05) is 6.92 Å². The molecule has 0 amide bonds. The first kappa shape index (κ1) is 16.9. The highest BCUT2D eigenvalue weighted by atomic mass is 32.1. The van der Waals surface area contributed by atoms with Gasteiger partial charge in [0.25, 0.3) is 0 Å². The molecule has 1 saturated carbocycles. The Bertz CT molecular complexity index is 565. The lowest BCUT2D eigenvalue weighted by Crippen LogP contribution is -2.27. The molecule has 5 N–H and O–H groups in total. The van der Waals surface area contributed by atoms with Crippen LogP contribution in [0.5, 0.6) is 0 Å². The molecule has 0 saturated heterocycles. The van der Waals surface area contributed by atoms with Crippen molar-refractivity contribution >= 4 is 29.0 Å². The first-order valence-corrected chi connectivity index (χ1v) is 8.03. The molecule has 0 aromatic carbocycles. The van der Waals surface area contributed by atoms with Crippen LogP contribution in [0.25, 0.3) is 0 Å². The van der Waals surface area contributed by atoms with Gasteiger partial charge in [-0.2, -0.15) is 4.98 Å². The van der Waals surface area contributed by atoms with Gasteiger partial charge in [-0.15, -0.1) is 0 Å². The molecular formula is C15H25N5OS. The predicted octanol–water partition coefficient (Wildman–Crippen LogP) is 1.53. The van der Waals surface area contributed by atoms with Gasteiger partial charge in [0.05, 0.1) is 11.3 Å². The fraction of sp³-hybridized carbons (Fsp3) is 0.667. The van der Waals surface area contributed by atoms with E-state index in [2.05, 4.69) is 34.4 Å². The molecule has 4 unspecified atom stereocenters. The van der Waals surface area contributed by atoms with Crippen LogP contribution in [0.1, 0.15) is 31.5 Å². The summed E-state index contributed by atoms with van der Waals surface area (Å²) >= 11 is 5.15. The van der Waals surface area contributed by atoms with Gasteiger partial charge >= 0.3 is 0 Å². The lowest BCUT2D eigenvalue weighted by atomic mass is 9.92. The first-order chi connectivity index (χ1) is 10.4. The summed E-state index contributed by atoms with van der Waals surface area (Å²) in [5, 5.41) is 15.9. The number of nitrogens with zero attached hydrogens (tertiary/aromatic N) is 2. The van der Waals surface area contributed by atoms with Gasteiger partial charge in [-0.05, 0) is 31.1 Å². The zero-order chi connectivity index (χ0) is 16.4. The number of hydrogen-bond acceptors (Lipinski definition) is 6. The molecule has 2 rings (SSSR count). The zero-order valence-corrected chi connectivity index (χ0v) is 14.4. The number of anilines is 2. The molecule has 0 spiro atoms. The molecule has 0 aliphatic heterocycles. The Hall–Kier alpha value is -1.47. The van der Waals surface area contributed by atoms with E-state index in [1.54, 1.807) is 7.05 Å². The molecular weight excluding hydrogens is 298 g/mol. The molecule has 1 heterocycles. The highest BCUT2D eigenvalue weighted by Crippen LogP contribution is 2.38. The molecule has 4 atom stereocenters. The SMILES string of the molecule is CNc1nc(C)c(C(N)=S)c(NC2CC(CO)C(C)C2C)n1. The van der Waals surface area contributed by atoms with Crippen molar-refractivity contribution in [3.63, 3.8) is 0 Å². The second kappa shape index (κ2) is 6.75. The summed E-state index contributed by atoms with van der Waals surface area (Å²) in [7, 11) is 1.78. The van der Waals surface area contributed by atoms with Gasteiger partial charge in [-0.25, -0.2) is 4.98 Å². The number of thiocarbonyl (C=S) groups is 1. The highest BCUT2D eigenvalue weighted by Gasteiger charge is 2.38. The zero-order valence-electron chi connectivity index (χ0n) is 13.6. The second-order valence-electron chi connectivity index (χ2n) is 6.12. The number of rotatable bonds is 5. The lowest BCUT2D eigenvalue weighted by molar-refractivity contribution is 0.191. The predicted molar refractivity (Wildman–Crippen MR) is 93.1 cm³/mol. The van der Waals surface area contributed by atoms with Gasteiger partial charge < -0.3 is 21.5 Å². The third-order valence-corrected chi connectivity index (χ3v) is 5.08.